The molecule has 11 heteroatoms. The first-order valence-electron chi connectivity index (χ1n) is 14.8. The minimum Gasteiger partial charge on any atom is -0.444 e. The standard InChI is InChI=1S/C30H50Cl2N4O4Si/c1-29(2,3)39-28(38)36-21-22(40-41(7,8)30(4,5)6)20-25(36)27(37)33-14-9-10-15-34-16-18-35(19-17-34)24-13-11-12-23(31)26(24)32/h11-13,22,25H,9-10,14-21H2,1-8H3,(H,33,37)/t22-,25+/m1/s1. The van der Waals surface area contributed by atoms with E-state index in [4.69, 9.17) is 32.4 Å². The molecular weight excluding hydrogens is 579 g/mol. The Morgan fingerprint density at radius 1 is 1.02 bits per heavy atom. The van der Waals surface area contributed by atoms with Crippen molar-refractivity contribution in [2.24, 2.45) is 0 Å². The second kappa shape index (κ2) is 13.8. The normalized spacial score (nSPS) is 20.8. The third-order valence-corrected chi connectivity index (χ3v) is 13.6. The maximum absolute atomic E-state index is 13.3. The number of unbranched alkanes of at least 4 members (excludes halogenated alkanes) is 1. The molecule has 2 aliphatic rings. The highest BCUT2D eigenvalue weighted by atomic mass is 35.5. The van der Waals surface area contributed by atoms with E-state index in [-0.39, 0.29) is 17.0 Å². The van der Waals surface area contributed by atoms with Gasteiger partial charge >= 0.3 is 6.09 Å². The van der Waals surface area contributed by atoms with Gasteiger partial charge in [-0.05, 0) is 70.4 Å². The van der Waals surface area contributed by atoms with Crippen LogP contribution in [0.15, 0.2) is 18.2 Å². The second-order valence-corrected chi connectivity index (χ2v) is 19.3. The van der Waals surface area contributed by atoms with Crippen LogP contribution in [0.4, 0.5) is 10.5 Å². The van der Waals surface area contributed by atoms with Crippen molar-refractivity contribution in [3.05, 3.63) is 28.2 Å². The Kier molecular flexibility index (Phi) is 11.5. The lowest BCUT2D eigenvalue weighted by atomic mass is 10.2. The van der Waals surface area contributed by atoms with Crippen molar-refractivity contribution in [3.8, 4) is 0 Å². The summed E-state index contributed by atoms with van der Waals surface area (Å²) >= 11 is 12.6. The molecule has 2 aliphatic heterocycles. The number of rotatable bonds is 9. The number of amides is 2. The van der Waals surface area contributed by atoms with Crippen molar-refractivity contribution >= 4 is 49.2 Å². The molecule has 0 aromatic heterocycles. The van der Waals surface area contributed by atoms with Crippen molar-refractivity contribution in [1.82, 2.24) is 15.1 Å². The summed E-state index contributed by atoms with van der Waals surface area (Å²) in [7, 11) is -2.06. The van der Waals surface area contributed by atoms with Gasteiger partial charge in [-0.3, -0.25) is 14.6 Å². The Labute approximate surface area is 258 Å². The molecule has 0 aliphatic carbocycles. The number of hydrogen-bond acceptors (Lipinski definition) is 6. The molecule has 2 heterocycles. The molecule has 1 aromatic carbocycles. The van der Waals surface area contributed by atoms with Crippen LogP contribution in [-0.4, -0.2) is 93.7 Å². The predicted octanol–water partition coefficient (Wildman–Crippen LogP) is 6.41. The molecule has 2 fully saturated rings. The molecule has 0 radical (unpaired) electrons. The molecule has 0 bridgehead atoms. The Bertz CT molecular complexity index is 1050. The molecule has 2 atom stereocenters. The molecule has 0 saturated carbocycles. The largest absolute Gasteiger partial charge is 0.444 e. The number of halogens is 2. The van der Waals surface area contributed by atoms with Crippen LogP contribution in [0.2, 0.25) is 28.2 Å². The number of nitrogens with one attached hydrogen (secondary N) is 1. The van der Waals surface area contributed by atoms with E-state index in [2.05, 4.69) is 49.0 Å². The summed E-state index contributed by atoms with van der Waals surface area (Å²) in [5.41, 5.74) is 0.355. The van der Waals surface area contributed by atoms with Crippen LogP contribution < -0.4 is 10.2 Å². The Morgan fingerprint density at radius 2 is 1.68 bits per heavy atom. The average molecular weight is 630 g/mol. The fraction of sp³-hybridized carbons (Fsp3) is 0.733. The van der Waals surface area contributed by atoms with Crippen LogP contribution in [0.3, 0.4) is 0 Å². The van der Waals surface area contributed by atoms with Crippen LogP contribution in [0, 0.1) is 0 Å². The van der Waals surface area contributed by atoms with Crippen LogP contribution in [-0.2, 0) is 14.0 Å². The maximum atomic E-state index is 13.3. The molecule has 232 valence electrons. The van der Waals surface area contributed by atoms with Crippen molar-refractivity contribution in [1.29, 1.82) is 0 Å². The van der Waals surface area contributed by atoms with E-state index < -0.39 is 26.1 Å². The lowest BCUT2D eigenvalue weighted by Crippen LogP contribution is -2.48. The predicted molar refractivity (Wildman–Crippen MR) is 171 cm³/mol. The molecule has 0 unspecified atom stereocenters. The molecule has 41 heavy (non-hydrogen) atoms. The van der Waals surface area contributed by atoms with Gasteiger partial charge in [-0.25, -0.2) is 4.79 Å². The van der Waals surface area contributed by atoms with Crippen LogP contribution in [0.25, 0.3) is 0 Å². The van der Waals surface area contributed by atoms with Gasteiger partial charge in [0.15, 0.2) is 8.32 Å². The SMILES string of the molecule is CC(C)(C)OC(=O)N1C[C@H](O[Si](C)(C)C(C)(C)C)C[C@H]1C(=O)NCCCCN1CCN(c2cccc(Cl)c2Cl)CC1. The van der Waals surface area contributed by atoms with Gasteiger partial charge in [-0.15, -0.1) is 0 Å². The lowest BCUT2D eigenvalue weighted by Gasteiger charge is -2.38. The summed E-state index contributed by atoms with van der Waals surface area (Å²) in [6.07, 6.45) is 1.69. The van der Waals surface area contributed by atoms with Gasteiger partial charge in [0.25, 0.3) is 0 Å². The van der Waals surface area contributed by atoms with Gasteiger partial charge in [-0.1, -0.05) is 50.0 Å². The van der Waals surface area contributed by atoms with Gasteiger partial charge < -0.3 is 19.4 Å². The van der Waals surface area contributed by atoms with E-state index in [9.17, 15) is 9.59 Å². The highest BCUT2D eigenvalue weighted by Gasteiger charge is 2.46. The molecule has 1 N–H and O–H groups in total. The summed E-state index contributed by atoms with van der Waals surface area (Å²) in [5.74, 6) is -0.135. The molecular formula is C30H50Cl2N4O4Si. The monoisotopic (exact) mass is 628 g/mol. The van der Waals surface area contributed by atoms with Gasteiger partial charge in [-0.2, -0.15) is 0 Å². The highest BCUT2D eigenvalue weighted by molar-refractivity contribution is 6.74. The van der Waals surface area contributed by atoms with Crippen LogP contribution in [0.5, 0.6) is 0 Å². The van der Waals surface area contributed by atoms with E-state index in [0.717, 1.165) is 51.3 Å². The van der Waals surface area contributed by atoms with Gasteiger partial charge in [0, 0.05) is 45.7 Å². The third-order valence-electron chi connectivity index (χ3n) is 8.31. The molecule has 2 saturated heterocycles. The lowest BCUT2D eigenvalue weighted by molar-refractivity contribution is -0.125. The zero-order valence-corrected chi connectivity index (χ0v) is 28.7. The summed E-state index contributed by atoms with van der Waals surface area (Å²) < 4.78 is 12.2. The number of hydrogen-bond donors (Lipinski definition) is 1. The Balaban J connectivity index is 1.46. The van der Waals surface area contributed by atoms with Crippen LogP contribution in [0.1, 0.15) is 60.8 Å². The number of anilines is 1. The average Bonchev–Trinajstić information content (AvgIpc) is 3.28. The summed E-state index contributed by atoms with van der Waals surface area (Å²) in [5, 5.41) is 4.32. The van der Waals surface area contributed by atoms with Gasteiger partial charge in [0.05, 0.1) is 21.8 Å². The van der Waals surface area contributed by atoms with E-state index in [1.165, 1.54) is 0 Å². The van der Waals surface area contributed by atoms with E-state index in [1.54, 1.807) is 4.90 Å². The number of ether oxygens (including phenoxy) is 1. The van der Waals surface area contributed by atoms with Gasteiger partial charge in [0.1, 0.15) is 11.6 Å². The van der Waals surface area contributed by atoms with Crippen molar-refractivity contribution < 1.29 is 18.8 Å². The first kappa shape index (κ1) is 34.0. The third kappa shape index (κ3) is 9.48. The van der Waals surface area contributed by atoms with Gasteiger partial charge in [0.2, 0.25) is 5.91 Å². The topological polar surface area (TPSA) is 74.3 Å². The number of carbonyl (C=O) groups is 2. The number of benzene rings is 1. The minimum absolute atomic E-state index is 0.0407. The van der Waals surface area contributed by atoms with Crippen molar-refractivity contribution in [3.63, 3.8) is 0 Å². The maximum Gasteiger partial charge on any atom is 0.411 e. The van der Waals surface area contributed by atoms with E-state index in [1.807, 2.05) is 39.0 Å². The molecule has 1 aromatic rings. The van der Waals surface area contributed by atoms with E-state index >= 15 is 0 Å². The van der Waals surface area contributed by atoms with Crippen LogP contribution >= 0.6 is 23.2 Å². The smallest absolute Gasteiger partial charge is 0.411 e. The Hall–Kier alpha value is -1.52. The first-order valence-corrected chi connectivity index (χ1v) is 18.5. The summed E-state index contributed by atoms with van der Waals surface area (Å²) in [6.45, 7) is 22.1. The molecule has 3 rings (SSSR count). The second-order valence-electron chi connectivity index (χ2n) is 13.8. The number of carbonyl (C=O) groups excluding carboxylic acids is 2. The number of likely N-dealkylation sites (tertiary alicyclic amines) is 1. The number of nitrogens with zero attached hydrogens (tertiary/aromatic N) is 3. The highest BCUT2D eigenvalue weighted by Crippen LogP contribution is 2.39. The quantitative estimate of drug-likeness (QED) is 0.251. The Morgan fingerprint density at radius 3 is 2.29 bits per heavy atom. The summed E-state index contributed by atoms with van der Waals surface area (Å²) in [4.78, 5) is 32.6. The fourth-order valence-corrected chi connectivity index (χ4v) is 6.76. The minimum atomic E-state index is -2.06. The molecule has 2 amide bonds. The van der Waals surface area contributed by atoms with E-state index in [0.29, 0.717) is 29.6 Å². The summed E-state index contributed by atoms with van der Waals surface area (Å²) in [6, 6.07) is 5.17. The fourth-order valence-electron chi connectivity index (χ4n) is 4.99. The first-order chi connectivity index (χ1) is 19.0. The number of piperazine rings is 1. The zero-order chi connectivity index (χ0) is 30.6. The molecule has 8 nitrogen and oxygen atoms in total. The molecule has 0 spiro atoms. The van der Waals surface area contributed by atoms with Crippen molar-refractivity contribution in [2.75, 3.05) is 50.7 Å². The zero-order valence-electron chi connectivity index (χ0n) is 26.2. The van der Waals surface area contributed by atoms with Crippen molar-refractivity contribution in [2.45, 2.75) is 96.7 Å².